The molecule has 158 valence electrons. The van der Waals surface area contributed by atoms with E-state index in [1.165, 1.54) is 12.8 Å². The zero-order valence-corrected chi connectivity index (χ0v) is 19.7. The minimum atomic E-state index is -0.0463. The minimum absolute atomic E-state index is 0. The van der Waals surface area contributed by atoms with Crippen LogP contribution in [0.5, 0.6) is 11.5 Å². The molecule has 29 heavy (non-hydrogen) atoms. The van der Waals surface area contributed by atoms with E-state index in [0.29, 0.717) is 13.2 Å². The summed E-state index contributed by atoms with van der Waals surface area (Å²) in [6.07, 6.45) is 3.39. The lowest BCUT2D eigenvalue weighted by atomic mass is 10.2. The largest absolute Gasteiger partial charge is 0.486 e. The molecule has 1 atom stereocenters. The molecular formula is C20H28IN5O2S. The first-order chi connectivity index (χ1) is 13.8. The summed E-state index contributed by atoms with van der Waals surface area (Å²) >= 11 is 1.75. The molecule has 2 aromatic rings. The highest BCUT2D eigenvalue weighted by molar-refractivity contribution is 14.0. The summed E-state index contributed by atoms with van der Waals surface area (Å²) in [5, 5.41) is 9.98. The first kappa shape index (κ1) is 21.9. The van der Waals surface area contributed by atoms with E-state index in [1.807, 2.05) is 24.3 Å². The summed E-state index contributed by atoms with van der Waals surface area (Å²) in [6, 6.07) is 7.75. The zero-order chi connectivity index (χ0) is 19.2. The molecule has 0 bridgehead atoms. The number of hydrogen-bond donors (Lipinski definition) is 2. The molecule has 0 aliphatic carbocycles. The van der Waals surface area contributed by atoms with Gasteiger partial charge in [-0.1, -0.05) is 12.1 Å². The third-order valence-electron chi connectivity index (χ3n) is 4.88. The van der Waals surface area contributed by atoms with Gasteiger partial charge in [-0.25, -0.2) is 4.98 Å². The van der Waals surface area contributed by atoms with Gasteiger partial charge in [0.05, 0.1) is 12.2 Å². The van der Waals surface area contributed by atoms with Crippen molar-refractivity contribution in [1.82, 2.24) is 15.6 Å². The van der Waals surface area contributed by atoms with E-state index < -0.39 is 0 Å². The monoisotopic (exact) mass is 529 g/mol. The molecular weight excluding hydrogens is 501 g/mol. The van der Waals surface area contributed by atoms with Gasteiger partial charge < -0.3 is 25.0 Å². The molecule has 0 saturated carbocycles. The van der Waals surface area contributed by atoms with Crippen LogP contribution in [0.3, 0.4) is 0 Å². The molecule has 3 heterocycles. The molecule has 2 aliphatic rings. The number of nitrogens with one attached hydrogen (secondary N) is 2. The van der Waals surface area contributed by atoms with Crippen LogP contribution in [0.15, 0.2) is 34.6 Å². The summed E-state index contributed by atoms with van der Waals surface area (Å²) in [7, 11) is 1.77. The average molecular weight is 529 g/mol. The average Bonchev–Trinajstić information content (AvgIpc) is 3.42. The number of anilines is 1. The topological polar surface area (TPSA) is 71.0 Å². The molecule has 1 aromatic carbocycles. The molecule has 0 amide bonds. The lowest BCUT2D eigenvalue weighted by Gasteiger charge is -2.27. The Morgan fingerprint density at radius 2 is 2.03 bits per heavy atom. The van der Waals surface area contributed by atoms with Gasteiger partial charge in [-0.05, 0) is 25.0 Å². The molecule has 4 rings (SSSR count). The van der Waals surface area contributed by atoms with E-state index in [4.69, 9.17) is 14.5 Å². The maximum absolute atomic E-state index is 5.97. The Morgan fingerprint density at radius 3 is 2.83 bits per heavy atom. The Hall–Kier alpha value is -1.75. The quantitative estimate of drug-likeness (QED) is 0.341. The lowest BCUT2D eigenvalue weighted by Crippen LogP contribution is -2.45. The third-order valence-corrected chi connectivity index (χ3v) is 5.83. The van der Waals surface area contributed by atoms with E-state index in [1.54, 1.807) is 18.4 Å². The normalized spacial score (nSPS) is 18.3. The summed E-state index contributed by atoms with van der Waals surface area (Å²) in [5.41, 5.74) is 1.13. The van der Waals surface area contributed by atoms with Crippen molar-refractivity contribution in [3.63, 3.8) is 0 Å². The molecule has 0 spiro atoms. The second kappa shape index (κ2) is 10.9. The number of rotatable bonds is 6. The van der Waals surface area contributed by atoms with Crippen LogP contribution in [-0.4, -0.2) is 56.9 Å². The minimum Gasteiger partial charge on any atom is -0.486 e. The van der Waals surface area contributed by atoms with E-state index in [9.17, 15) is 0 Å². The highest BCUT2D eigenvalue weighted by atomic mass is 127. The van der Waals surface area contributed by atoms with Crippen molar-refractivity contribution >= 4 is 46.4 Å². The number of ether oxygens (including phenoxy) is 2. The van der Waals surface area contributed by atoms with E-state index >= 15 is 0 Å². The molecule has 0 radical (unpaired) electrons. The van der Waals surface area contributed by atoms with E-state index in [0.717, 1.165) is 54.3 Å². The van der Waals surface area contributed by atoms with Gasteiger partial charge in [-0.2, -0.15) is 0 Å². The van der Waals surface area contributed by atoms with Gasteiger partial charge in [0.15, 0.2) is 22.6 Å². The number of aromatic nitrogens is 1. The van der Waals surface area contributed by atoms with Gasteiger partial charge in [-0.3, -0.25) is 4.99 Å². The van der Waals surface area contributed by atoms with Gasteiger partial charge in [-0.15, -0.1) is 35.3 Å². The number of fused-ring (bicyclic) bond motifs is 1. The molecule has 2 aliphatic heterocycles. The predicted octanol–water partition coefficient (Wildman–Crippen LogP) is 2.91. The number of nitrogens with zero attached hydrogens (tertiary/aromatic N) is 3. The van der Waals surface area contributed by atoms with Crippen molar-refractivity contribution in [1.29, 1.82) is 0 Å². The predicted molar refractivity (Wildman–Crippen MR) is 128 cm³/mol. The van der Waals surface area contributed by atoms with Crippen molar-refractivity contribution in [2.75, 3.05) is 44.7 Å². The van der Waals surface area contributed by atoms with E-state index in [-0.39, 0.29) is 30.1 Å². The molecule has 9 heteroatoms. The third kappa shape index (κ3) is 5.88. The molecule has 1 saturated heterocycles. The fraction of sp³-hybridized carbons (Fsp3) is 0.500. The summed E-state index contributed by atoms with van der Waals surface area (Å²) in [5.74, 6) is 2.36. The Balaban J connectivity index is 0.00000240. The van der Waals surface area contributed by atoms with Gasteiger partial charge in [0.1, 0.15) is 12.7 Å². The van der Waals surface area contributed by atoms with Gasteiger partial charge >= 0.3 is 0 Å². The molecule has 1 aromatic heterocycles. The zero-order valence-electron chi connectivity index (χ0n) is 16.6. The highest BCUT2D eigenvalue weighted by Crippen LogP contribution is 2.30. The second-order valence-electron chi connectivity index (χ2n) is 6.94. The summed E-state index contributed by atoms with van der Waals surface area (Å²) in [6.45, 7) is 4.22. The highest BCUT2D eigenvalue weighted by Gasteiger charge is 2.20. The van der Waals surface area contributed by atoms with Crippen LogP contribution in [0.2, 0.25) is 0 Å². The number of para-hydroxylation sites is 2. The van der Waals surface area contributed by atoms with Crippen LogP contribution < -0.4 is 25.0 Å². The SMILES string of the molecule is CN=C(NCCc1csc(N2CCCC2)n1)NCC1COc2ccccc2O1.I. The molecule has 2 N–H and O–H groups in total. The smallest absolute Gasteiger partial charge is 0.191 e. The van der Waals surface area contributed by atoms with Gasteiger partial charge in [0.25, 0.3) is 0 Å². The Bertz CT molecular complexity index is 810. The number of halogens is 1. The number of benzene rings is 1. The Labute approximate surface area is 192 Å². The lowest BCUT2D eigenvalue weighted by molar-refractivity contribution is 0.0936. The number of hydrogen-bond acceptors (Lipinski definition) is 6. The maximum atomic E-state index is 5.97. The van der Waals surface area contributed by atoms with Crippen LogP contribution in [-0.2, 0) is 6.42 Å². The molecule has 1 unspecified atom stereocenters. The van der Waals surface area contributed by atoms with Crippen LogP contribution in [0.4, 0.5) is 5.13 Å². The maximum Gasteiger partial charge on any atom is 0.191 e. The van der Waals surface area contributed by atoms with Gasteiger partial charge in [0, 0.05) is 38.5 Å². The van der Waals surface area contributed by atoms with Crippen LogP contribution in [0.1, 0.15) is 18.5 Å². The van der Waals surface area contributed by atoms with Crippen molar-refractivity contribution in [2.24, 2.45) is 4.99 Å². The van der Waals surface area contributed by atoms with Crippen molar-refractivity contribution < 1.29 is 9.47 Å². The van der Waals surface area contributed by atoms with Crippen LogP contribution in [0, 0.1) is 0 Å². The summed E-state index contributed by atoms with van der Waals surface area (Å²) in [4.78, 5) is 11.4. The van der Waals surface area contributed by atoms with Crippen LogP contribution in [0.25, 0.3) is 0 Å². The molecule has 7 nitrogen and oxygen atoms in total. The molecule has 1 fully saturated rings. The summed E-state index contributed by atoms with van der Waals surface area (Å²) < 4.78 is 11.7. The second-order valence-corrected chi connectivity index (χ2v) is 7.78. The fourth-order valence-electron chi connectivity index (χ4n) is 3.37. The van der Waals surface area contributed by atoms with Gasteiger partial charge in [0.2, 0.25) is 0 Å². The first-order valence-electron chi connectivity index (χ1n) is 9.84. The van der Waals surface area contributed by atoms with Crippen LogP contribution >= 0.6 is 35.3 Å². The Morgan fingerprint density at radius 1 is 1.24 bits per heavy atom. The number of thiazole rings is 1. The Kier molecular flexibility index (Phi) is 8.22. The number of aliphatic imine (C=N–C) groups is 1. The first-order valence-corrected chi connectivity index (χ1v) is 10.7. The van der Waals surface area contributed by atoms with E-state index in [2.05, 4.69) is 25.9 Å². The fourth-order valence-corrected chi connectivity index (χ4v) is 4.28. The van der Waals surface area contributed by atoms with Crippen molar-refractivity contribution in [3.05, 3.63) is 35.3 Å². The number of guanidine groups is 1. The van der Waals surface area contributed by atoms with Crippen molar-refractivity contribution in [2.45, 2.75) is 25.4 Å². The standard InChI is InChI=1S/C20H27N5O2S.HI/c1-21-19(23-12-16-13-26-17-6-2-3-7-18(17)27-16)22-9-8-15-14-28-20(24-15)25-10-4-5-11-25;/h2-3,6-7,14,16H,4-5,8-13H2,1H3,(H2,21,22,23);1H. The van der Waals surface area contributed by atoms with Crippen molar-refractivity contribution in [3.8, 4) is 11.5 Å².